The van der Waals surface area contributed by atoms with Crippen LogP contribution in [0.1, 0.15) is 28.5 Å². The number of halogens is 2. The summed E-state index contributed by atoms with van der Waals surface area (Å²) < 4.78 is 16.0. The van der Waals surface area contributed by atoms with Crippen molar-refractivity contribution in [3.05, 3.63) is 64.1 Å². The molecule has 30 heavy (non-hydrogen) atoms. The Balaban J connectivity index is 2.15. The number of hydrogen-bond donors (Lipinski definition) is 3. The van der Waals surface area contributed by atoms with Crippen LogP contribution in [0, 0.1) is 12.7 Å². The smallest absolute Gasteiger partial charge is 0.325 e. The van der Waals surface area contributed by atoms with Gasteiger partial charge in [-0.25, -0.2) is 4.39 Å². The van der Waals surface area contributed by atoms with Gasteiger partial charge >= 0.3 is 5.97 Å². The molecule has 7 nitrogen and oxygen atoms in total. The largest absolute Gasteiger partial charge is 0.505 e. The standard InChI is InChI=1S/C21H18ClFN2O5/c1-10(21(29)30)24-17(27)9-14-11(2)25(15-6-7-16(26)19(23)18(14)15)20(28)12-4-3-5-13(22)8-12/h3-8,10,26H,9H2,1-2H3,(H,24,27)(H,29,30). The molecule has 0 saturated heterocycles. The Bertz CT molecular complexity index is 1190. The number of carbonyl (C=O) groups is 3. The first-order chi connectivity index (χ1) is 14.1. The Labute approximate surface area is 175 Å². The zero-order valence-electron chi connectivity index (χ0n) is 16.1. The Hall–Kier alpha value is -3.39. The summed E-state index contributed by atoms with van der Waals surface area (Å²) in [7, 11) is 0. The van der Waals surface area contributed by atoms with Crippen molar-refractivity contribution in [2.45, 2.75) is 26.3 Å². The van der Waals surface area contributed by atoms with Crippen molar-refractivity contribution < 1.29 is 29.0 Å². The van der Waals surface area contributed by atoms with Crippen LogP contribution >= 0.6 is 11.6 Å². The molecule has 0 spiro atoms. The number of nitrogens with zero attached hydrogens (tertiary/aromatic N) is 1. The lowest BCUT2D eigenvalue weighted by Gasteiger charge is -2.10. The second-order valence-electron chi connectivity index (χ2n) is 6.81. The third kappa shape index (κ3) is 3.86. The number of phenolic OH excluding ortho intramolecular Hbond substituents is 1. The van der Waals surface area contributed by atoms with E-state index < -0.39 is 35.4 Å². The number of rotatable bonds is 5. The molecular weight excluding hydrogens is 415 g/mol. The number of aromatic hydroxyl groups is 1. The number of carboxylic acids is 1. The number of carbonyl (C=O) groups excluding carboxylic acids is 2. The summed E-state index contributed by atoms with van der Waals surface area (Å²) >= 11 is 5.97. The summed E-state index contributed by atoms with van der Waals surface area (Å²) in [4.78, 5) is 36.5. The monoisotopic (exact) mass is 432 g/mol. The Kier molecular flexibility index (Phi) is 5.80. The number of aromatic nitrogens is 1. The summed E-state index contributed by atoms with van der Waals surface area (Å²) in [6, 6.07) is 7.59. The number of phenols is 1. The number of nitrogens with one attached hydrogen (secondary N) is 1. The van der Waals surface area contributed by atoms with Crippen molar-refractivity contribution >= 4 is 40.3 Å². The van der Waals surface area contributed by atoms with Crippen LogP contribution in [0.2, 0.25) is 5.02 Å². The number of aliphatic carboxylic acids is 1. The molecule has 3 rings (SSSR count). The maximum atomic E-state index is 14.8. The molecule has 1 atom stereocenters. The molecule has 0 aliphatic rings. The highest BCUT2D eigenvalue weighted by Gasteiger charge is 2.26. The summed E-state index contributed by atoms with van der Waals surface area (Å²) in [5.41, 5.74) is 0.884. The first kappa shape index (κ1) is 21.3. The third-order valence-corrected chi connectivity index (χ3v) is 5.01. The van der Waals surface area contributed by atoms with Crippen molar-refractivity contribution in [2.24, 2.45) is 0 Å². The average molecular weight is 433 g/mol. The van der Waals surface area contributed by atoms with Crippen LogP contribution in [0.3, 0.4) is 0 Å². The van der Waals surface area contributed by atoms with Crippen LogP contribution in [0.25, 0.3) is 10.9 Å². The molecule has 1 heterocycles. The van der Waals surface area contributed by atoms with Gasteiger partial charge in [0.1, 0.15) is 6.04 Å². The molecule has 0 fully saturated rings. The molecule has 3 N–H and O–H groups in total. The normalized spacial score (nSPS) is 12.0. The molecular formula is C21H18ClFN2O5. The zero-order chi connectivity index (χ0) is 22.2. The Morgan fingerprint density at radius 1 is 1.23 bits per heavy atom. The van der Waals surface area contributed by atoms with E-state index in [4.69, 9.17) is 16.7 Å². The zero-order valence-corrected chi connectivity index (χ0v) is 16.8. The molecule has 1 aromatic heterocycles. The van der Waals surface area contributed by atoms with E-state index in [1.807, 2.05) is 0 Å². The number of hydrogen-bond acceptors (Lipinski definition) is 4. The van der Waals surface area contributed by atoms with Crippen molar-refractivity contribution in [1.82, 2.24) is 9.88 Å². The highest BCUT2D eigenvalue weighted by molar-refractivity contribution is 6.31. The number of amides is 1. The molecule has 3 aromatic rings. The molecule has 156 valence electrons. The van der Waals surface area contributed by atoms with E-state index >= 15 is 0 Å². The minimum Gasteiger partial charge on any atom is -0.505 e. The molecule has 0 aliphatic carbocycles. The summed E-state index contributed by atoms with van der Waals surface area (Å²) in [6.07, 6.45) is -0.379. The fraction of sp³-hybridized carbons (Fsp3) is 0.190. The molecule has 0 bridgehead atoms. The molecule has 0 saturated carbocycles. The van der Waals surface area contributed by atoms with Crippen LogP contribution < -0.4 is 5.32 Å². The van der Waals surface area contributed by atoms with Gasteiger partial charge in [-0.2, -0.15) is 0 Å². The van der Waals surface area contributed by atoms with Gasteiger partial charge in [0.05, 0.1) is 11.9 Å². The van der Waals surface area contributed by atoms with Gasteiger partial charge in [0.2, 0.25) is 5.91 Å². The minimum absolute atomic E-state index is 0.0824. The van der Waals surface area contributed by atoms with Gasteiger partial charge in [0.15, 0.2) is 11.6 Å². The van der Waals surface area contributed by atoms with Gasteiger partial charge in [0, 0.05) is 21.7 Å². The second kappa shape index (κ2) is 8.16. The van der Waals surface area contributed by atoms with E-state index in [2.05, 4.69) is 5.32 Å². The van der Waals surface area contributed by atoms with Gasteiger partial charge in [-0.15, -0.1) is 0 Å². The van der Waals surface area contributed by atoms with Crippen LogP contribution in [0.4, 0.5) is 4.39 Å². The predicted octanol–water partition coefficient (Wildman–Crippen LogP) is 3.27. The van der Waals surface area contributed by atoms with Crippen molar-refractivity contribution in [3.63, 3.8) is 0 Å². The highest BCUT2D eigenvalue weighted by atomic mass is 35.5. The van der Waals surface area contributed by atoms with Gasteiger partial charge < -0.3 is 15.5 Å². The fourth-order valence-corrected chi connectivity index (χ4v) is 3.46. The van der Waals surface area contributed by atoms with Crippen molar-refractivity contribution in [3.8, 4) is 5.75 Å². The van der Waals surface area contributed by atoms with E-state index in [0.717, 1.165) is 6.07 Å². The van der Waals surface area contributed by atoms with Gasteiger partial charge in [-0.3, -0.25) is 19.0 Å². The van der Waals surface area contributed by atoms with Gasteiger partial charge in [-0.05, 0) is 49.7 Å². The van der Waals surface area contributed by atoms with E-state index in [9.17, 15) is 23.9 Å². The number of fused-ring (bicyclic) bond motifs is 1. The second-order valence-corrected chi connectivity index (χ2v) is 7.25. The number of carboxylic acid groups (broad SMARTS) is 1. The van der Waals surface area contributed by atoms with Gasteiger partial charge in [0.25, 0.3) is 5.91 Å². The van der Waals surface area contributed by atoms with Crippen molar-refractivity contribution in [2.75, 3.05) is 0 Å². The Morgan fingerprint density at radius 3 is 2.57 bits per heavy atom. The maximum Gasteiger partial charge on any atom is 0.325 e. The highest BCUT2D eigenvalue weighted by Crippen LogP contribution is 2.33. The summed E-state index contributed by atoms with van der Waals surface area (Å²) in [5, 5.41) is 21.3. The topological polar surface area (TPSA) is 109 Å². The fourth-order valence-electron chi connectivity index (χ4n) is 3.27. The molecule has 9 heteroatoms. The van der Waals surface area contributed by atoms with Gasteiger partial charge in [-0.1, -0.05) is 17.7 Å². The SMILES string of the molecule is Cc1c(CC(=O)NC(C)C(=O)O)c2c(F)c(O)ccc2n1C(=O)c1cccc(Cl)c1. The first-order valence-corrected chi connectivity index (χ1v) is 9.33. The van der Waals surface area contributed by atoms with Crippen LogP contribution in [-0.4, -0.2) is 38.6 Å². The molecule has 0 aliphatic heterocycles. The van der Waals surface area contributed by atoms with Crippen molar-refractivity contribution in [1.29, 1.82) is 0 Å². The lowest BCUT2D eigenvalue weighted by atomic mass is 10.1. The lowest BCUT2D eigenvalue weighted by molar-refractivity contribution is -0.141. The summed E-state index contributed by atoms with van der Waals surface area (Å²) in [5.74, 6) is -3.97. The first-order valence-electron chi connectivity index (χ1n) is 8.95. The van der Waals surface area contributed by atoms with Crippen LogP contribution in [0.15, 0.2) is 36.4 Å². The predicted molar refractivity (Wildman–Crippen MR) is 108 cm³/mol. The lowest BCUT2D eigenvalue weighted by Crippen LogP contribution is -2.39. The number of benzene rings is 2. The molecule has 1 unspecified atom stereocenters. The van der Waals surface area contributed by atoms with E-state index in [1.165, 1.54) is 23.6 Å². The molecule has 1 amide bonds. The van der Waals surface area contributed by atoms with E-state index in [1.54, 1.807) is 25.1 Å². The van der Waals surface area contributed by atoms with Crippen LogP contribution in [-0.2, 0) is 16.0 Å². The van der Waals surface area contributed by atoms with E-state index in [-0.39, 0.29) is 34.1 Å². The third-order valence-electron chi connectivity index (χ3n) is 4.77. The molecule has 2 aromatic carbocycles. The Morgan fingerprint density at radius 2 is 1.93 bits per heavy atom. The quantitative estimate of drug-likeness (QED) is 0.573. The molecule has 0 radical (unpaired) electrons. The minimum atomic E-state index is -1.22. The average Bonchev–Trinajstić information content (AvgIpc) is 2.96. The van der Waals surface area contributed by atoms with Crippen LogP contribution in [0.5, 0.6) is 5.75 Å². The maximum absolute atomic E-state index is 14.8. The van der Waals surface area contributed by atoms with E-state index in [0.29, 0.717) is 5.02 Å². The summed E-state index contributed by atoms with van der Waals surface area (Å²) in [6.45, 7) is 2.84.